The fourth-order valence-corrected chi connectivity index (χ4v) is 3.82. The first-order chi connectivity index (χ1) is 14.6. The zero-order valence-electron chi connectivity index (χ0n) is 18.2. The van der Waals surface area contributed by atoms with Crippen molar-refractivity contribution in [3.8, 4) is 11.5 Å². The van der Waals surface area contributed by atoms with E-state index in [1.165, 1.54) is 31.2 Å². The Hall–Kier alpha value is -2.41. The molecule has 9 heteroatoms. The summed E-state index contributed by atoms with van der Waals surface area (Å²) in [5, 5.41) is 2.62. The second-order valence-electron chi connectivity index (χ2n) is 7.07. The molecule has 0 aliphatic heterocycles. The van der Waals surface area contributed by atoms with Crippen molar-refractivity contribution >= 4 is 25.2 Å². The normalized spacial score (nSPS) is 12.1. The Bertz CT molecular complexity index is 1160. The minimum Gasteiger partial charge on any atom is -0.736 e. The van der Waals surface area contributed by atoms with Gasteiger partial charge in [-0.15, -0.1) is 0 Å². The number of nitrogens with one attached hydrogen (secondary N) is 1. The summed E-state index contributed by atoms with van der Waals surface area (Å²) in [6, 6.07) is 17.3. The third kappa shape index (κ3) is 7.33. The summed E-state index contributed by atoms with van der Waals surface area (Å²) in [5.74, 6) is -0.334. The van der Waals surface area contributed by atoms with Crippen LogP contribution in [0, 0.1) is 13.8 Å². The van der Waals surface area contributed by atoms with Gasteiger partial charge in [0.2, 0.25) is 5.91 Å². The van der Waals surface area contributed by atoms with Crippen molar-refractivity contribution in [2.24, 2.45) is 0 Å². The predicted octanol–water partition coefficient (Wildman–Crippen LogP) is 1.42. The number of carbonyl (C=O) groups is 2. The first-order valence-electron chi connectivity index (χ1n) is 9.42. The van der Waals surface area contributed by atoms with Crippen LogP contribution in [0.1, 0.15) is 34.0 Å². The van der Waals surface area contributed by atoms with Crippen LogP contribution in [0.4, 0.5) is 5.69 Å². The summed E-state index contributed by atoms with van der Waals surface area (Å²) >= 11 is 0. The maximum absolute atomic E-state index is 12.7. The number of phosphoric ester groups is 1. The number of ketones is 1. The van der Waals surface area contributed by atoms with Gasteiger partial charge in [0.25, 0.3) is 0 Å². The van der Waals surface area contributed by atoms with Crippen LogP contribution in [0.25, 0.3) is 0 Å². The predicted molar refractivity (Wildman–Crippen MR) is 115 cm³/mol. The van der Waals surface area contributed by atoms with Gasteiger partial charge in [0.15, 0.2) is 5.78 Å². The van der Waals surface area contributed by atoms with E-state index in [-0.39, 0.29) is 52.7 Å². The van der Waals surface area contributed by atoms with Crippen LogP contribution in [-0.2, 0) is 9.36 Å². The van der Waals surface area contributed by atoms with E-state index in [0.717, 1.165) is 11.1 Å². The number of rotatable bonds is 7. The molecule has 3 rings (SSSR count). The smallest absolute Gasteiger partial charge is 0.736 e. The van der Waals surface area contributed by atoms with Crippen LogP contribution in [0.3, 0.4) is 0 Å². The summed E-state index contributed by atoms with van der Waals surface area (Å²) in [6.07, 6.45) is 0. The minimum atomic E-state index is -4.67. The number of hydrogen-bond donors (Lipinski definition) is 1. The Morgan fingerprint density at radius 2 is 1.44 bits per heavy atom. The van der Waals surface area contributed by atoms with Gasteiger partial charge < -0.3 is 19.3 Å². The summed E-state index contributed by atoms with van der Waals surface area (Å²) in [4.78, 5) is 36.1. The molecular weight excluding hydrogens is 440 g/mol. The fourth-order valence-electron chi connectivity index (χ4n) is 3.04. The quantitative estimate of drug-likeness (QED) is 0.324. The third-order valence-electron chi connectivity index (χ3n) is 4.19. The van der Waals surface area contributed by atoms with Gasteiger partial charge in [-0.2, -0.15) is 0 Å². The van der Waals surface area contributed by atoms with Gasteiger partial charge in [0.1, 0.15) is 11.5 Å². The molecular formula is C23H21NNaO6P. The molecule has 0 spiro atoms. The molecule has 1 unspecified atom stereocenters. The van der Waals surface area contributed by atoms with Gasteiger partial charge in [0.05, 0.1) is 0 Å². The molecule has 1 amide bonds. The Balaban J connectivity index is 0.00000363. The number of aryl methyl sites for hydroxylation is 2. The van der Waals surface area contributed by atoms with Gasteiger partial charge >= 0.3 is 37.4 Å². The van der Waals surface area contributed by atoms with Crippen molar-refractivity contribution in [2.45, 2.75) is 20.8 Å². The van der Waals surface area contributed by atoms with Crippen LogP contribution in [0.15, 0.2) is 66.7 Å². The van der Waals surface area contributed by atoms with E-state index < -0.39 is 7.82 Å². The van der Waals surface area contributed by atoms with Crippen LogP contribution < -0.4 is 48.8 Å². The molecule has 1 N–H and O–H groups in total. The summed E-state index contributed by atoms with van der Waals surface area (Å²) in [5.41, 5.74) is 2.95. The van der Waals surface area contributed by atoms with E-state index in [4.69, 9.17) is 9.05 Å². The molecule has 0 aliphatic rings. The zero-order valence-corrected chi connectivity index (χ0v) is 21.1. The van der Waals surface area contributed by atoms with Crippen molar-refractivity contribution < 1.29 is 57.7 Å². The number of hydrogen-bond acceptors (Lipinski definition) is 6. The summed E-state index contributed by atoms with van der Waals surface area (Å²) < 4.78 is 22.3. The Kier molecular flexibility index (Phi) is 8.84. The Labute approximate surface area is 208 Å². The van der Waals surface area contributed by atoms with Gasteiger partial charge in [-0.1, -0.05) is 18.2 Å². The maximum atomic E-state index is 12.7. The second-order valence-corrected chi connectivity index (χ2v) is 8.33. The first kappa shape index (κ1) is 25.8. The van der Waals surface area contributed by atoms with E-state index in [9.17, 15) is 19.0 Å². The maximum Gasteiger partial charge on any atom is 1.00 e. The van der Waals surface area contributed by atoms with Crippen molar-refractivity contribution in [3.05, 3.63) is 89.0 Å². The monoisotopic (exact) mass is 461 g/mol. The number of amides is 1. The van der Waals surface area contributed by atoms with Crippen molar-refractivity contribution in [1.29, 1.82) is 0 Å². The molecule has 0 radical (unpaired) electrons. The molecule has 0 aromatic heterocycles. The molecule has 0 saturated carbocycles. The second kappa shape index (κ2) is 10.9. The van der Waals surface area contributed by atoms with Gasteiger partial charge in [-0.25, -0.2) is 4.57 Å². The molecule has 0 bridgehead atoms. The number of carbonyl (C=O) groups excluding carboxylic acids is 2. The average molecular weight is 461 g/mol. The zero-order chi connectivity index (χ0) is 22.6. The molecule has 0 fully saturated rings. The molecule has 0 heterocycles. The first-order valence-corrected chi connectivity index (χ1v) is 10.9. The van der Waals surface area contributed by atoms with Gasteiger partial charge in [-0.3, -0.25) is 9.59 Å². The van der Waals surface area contributed by atoms with Crippen LogP contribution >= 0.6 is 7.82 Å². The molecule has 160 valence electrons. The largest absolute Gasteiger partial charge is 1.00 e. The van der Waals surface area contributed by atoms with Crippen molar-refractivity contribution in [3.63, 3.8) is 0 Å². The molecule has 32 heavy (non-hydrogen) atoms. The van der Waals surface area contributed by atoms with E-state index in [1.54, 1.807) is 36.4 Å². The summed E-state index contributed by atoms with van der Waals surface area (Å²) in [6.45, 7) is 5.04. The Morgan fingerprint density at radius 1 is 0.844 bits per heavy atom. The fraction of sp³-hybridized carbons (Fsp3) is 0.130. The standard InChI is InChI=1S/C23H22NO6P.Na/c1-15-11-16(2)13-22(12-15)30-31(27,28)29-21-9-7-18(8-10-21)23(26)19-5-4-6-20(14-19)24-17(3)25;/h4-14H,1-3H3,(H,24,25)(H,27,28);/q;+1/p-1. The van der Waals surface area contributed by atoms with E-state index >= 15 is 0 Å². The van der Waals surface area contributed by atoms with Crippen LogP contribution in [0.5, 0.6) is 11.5 Å². The van der Waals surface area contributed by atoms with Crippen molar-refractivity contribution in [1.82, 2.24) is 0 Å². The SMILES string of the molecule is CC(=O)Nc1cccc(C(=O)c2ccc(OP(=O)([O-])Oc3cc(C)cc(C)c3)cc2)c1.[Na+]. The van der Waals surface area contributed by atoms with Gasteiger partial charge in [-0.05, 0) is 73.5 Å². The molecule has 1 atom stereocenters. The van der Waals surface area contributed by atoms with Crippen molar-refractivity contribution in [2.75, 3.05) is 5.32 Å². The number of anilines is 1. The minimum absolute atomic E-state index is 0. The van der Waals surface area contributed by atoms with Crippen LogP contribution in [0.2, 0.25) is 0 Å². The van der Waals surface area contributed by atoms with Gasteiger partial charge in [0, 0.05) is 23.7 Å². The van der Waals surface area contributed by atoms with E-state index in [2.05, 4.69) is 5.32 Å². The number of phosphoric acid groups is 1. The molecule has 3 aromatic rings. The number of benzene rings is 3. The molecule has 7 nitrogen and oxygen atoms in total. The van der Waals surface area contributed by atoms with Crippen LogP contribution in [-0.4, -0.2) is 11.7 Å². The molecule has 0 aliphatic carbocycles. The Morgan fingerprint density at radius 3 is 2.03 bits per heavy atom. The summed E-state index contributed by atoms with van der Waals surface area (Å²) in [7, 11) is -4.67. The average Bonchev–Trinajstić information content (AvgIpc) is 2.66. The molecule has 3 aromatic carbocycles. The van der Waals surface area contributed by atoms with E-state index in [0.29, 0.717) is 16.8 Å². The topological polar surface area (TPSA) is 105 Å². The third-order valence-corrected chi connectivity index (χ3v) is 5.06. The molecule has 0 saturated heterocycles. The van der Waals surface area contributed by atoms with E-state index in [1.807, 2.05) is 19.9 Å².